The molecule has 1 aromatic heterocycles. The molecule has 6 heteroatoms. The number of nitrogens with one attached hydrogen (secondary N) is 2. The molecule has 1 fully saturated rings. The van der Waals surface area contributed by atoms with E-state index >= 15 is 0 Å². The number of benzene rings is 1. The van der Waals surface area contributed by atoms with Crippen molar-refractivity contribution in [3.63, 3.8) is 0 Å². The first-order valence-electron chi connectivity index (χ1n) is 8.90. The summed E-state index contributed by atoms with van der Waals surface area (Å²) in [5.74, 6) is 0.0408. The van der Waals surface area contributed by atoms with Gasteiger partial charge in [-0.25, -0.2) is 4.98 Å². The molecular formula is C19H26N4OS. The van der Waals surface area contributed by atoms with Crippen LogP contribution in [0.25, 0.3) is 0 Å². The molecule has 2 heterocycles. The van der Waals surface area contributed by atoms with Gasteiger partial charge in [0.15, 0.2) is 0 Å². The van der Waals surface area contributed by atoms with Crippen molar-refractivity contribution in [1.29, 1.82) is 0 Å². The van der Waals surface area contributed by atoms with Crippen LogP contribution in [0, 0.1) is 6.92 Å². The van der Waals surface area contributed by atoms with Crippen LogP contribution in [0.4, 0.5) is 11.4 Å². The summed E-state index contributed by atoms with van der Waals surface area (Å²) < 4.78 is 0. The van der Waals surface area contributed by atoms with E-state index < -0.39 is 0 Å². The largest absolute Gasteiger partial charge is 0.371 e. The van der Waals surface area contributed by atoms with Crippen LogP contribution in [0.15, 0.2) is 30.5 Å². The summed E-state index contributed by atoms with van der Waals surface area (Å²) in [6.07, 6.45) is 4.84. The molecule has 0 spiro atoms. The van der Waals surface area contributed by atoms with Gasteiger partial charge in [-0.3, -0.25) is 4.79 Å². The molecule has 0 saturated carbocycles. The average Bonchev–Trinajstić information content (AvgIpc) is 3.24. The lowest BCUT2D eigenvalue weighted by Gasteiger charge is -2.19. The summed E-state index contributed by atoms with van der Waals surface area (Å²) in [6.45, 7) is 7.00. The van der Waals surface area contributed by atoms with E-state index in [0.29, 0.717) is 6.42 Å². The van der Waals surface area contributed by atoms with E-state index in [1.54, 1.807) is 11.3 Å². The van der Waals surface area contributed by atoms with Gasteiger partial charge in [-0.2, -0.15) is 0 Å². The maximum Gasteiger partial charge on any atom is 0.225 e. The van der Waals surface area contributed by atoms with Crippen molar-refractivity contribution in [2.45, 2.75) is 45.7 Å². The predicted octanol–water partition coefficient (Wildman–Crippen LogP) is 3.56. The number of carbonyl (C=O) groups excluding carboxylic acids is 1. The molecule has 1 unspecified atom stereocenters. The fourth-order valence-electron chi connectivity index (χ4n) is 3.08. The molecule has 1 aliphatic rings. The highest BCUT2D eigenvalue weighted by molar-refractivity contribution is 7.11. The fraction of sp³-hybridized carbons (Fsp3) is 0.474. The summed E-state index contributed by atoms with van der Waals surface area (Å²) >= 11 is 1.69. The normalized spacial score (nSPS) is 15.4. The van der Waals surface area contributed by atoms with Crippen molar-refractivity contribution in [3.8, 4) is 0 Å². The van der Waals surface area contributed by atoms with Gasteiger partial charge in [0, 0.05) is 54.5 Å². The van der Waals surface area contributed by atoms with E-state index in [1.165, 1.54) is 23.4 Å². The van der Waals surface area contributed by atoms with Gasteiger partial charge in [-0.15, -0.1) is 11.3 Å². The molecule has 1 atom stereocenters. The van der Waals surface area contributed by atoms with Crippen molar-refractivity contribution in [1.82, 2.24) is 10.3 Å². The first-order valence-corrected chi connectivity index (χ1v) is 9.71. The van der Waals surface area contributed by atoms with Gasteiger partial charge >= 0.3 is 0 Å². The third-order valence-corrected chi connectivity index (χ3v) is 5.30. The zero-order valence-corrected chi connectivity index (χ0v) is 15.7. The minimum atomic E-state index is 0.0408. The smallest absolute Gasteiger partial charge is 0.225 e. The number of hydrogen-bond acceptors (Lipinski definition) is 5. The van der Waals surface area contributed by atoms with Crippen molar-refractivity contribution in [3.05, 3.63) is 40.3 Å². The van der Waals surface area contributed by atoms with Gasteiger partial charge in [0.05, 0.1) is 5.01 Å². The zero-order valence-electron chi connectivity index (χ0n) is 14.9. The second-order valence-corrected chi connectivity index (χ2v) is 7.94. The Hall–Kier alpha value is -1.92. The van der Waals surface area contributed by atoms with Crippen LogP contribution in [0.5, 0.6) is 0 Å². The molecule has 5 nitrogen and oxygen atoms in total. The molecule has 1 aliphatic heterocycles. The van der Waals surface area contributed by atoms with E-state index in [0.717, 1.165) is 30.3 Å². The number of carbonyl (C=O) groups is 1. The number of aromatic nitrogens is 1. The molecule has 2 aromatic rings. The third kappa shape index (κ3) is 5.28. The Kier molecular flexibility index (Phi) is 6.04. The number of nitrogens with zero attached hydrogens (tertiary/aromatic N) is 2. The average molecular weight is 359 g/mol. The van der Waals surface area contributed by atoms with E-state index in [-0.39, 0.29) is 11.9 Å². The van der Waals surface area contributed by atoms with Gasteiger partial charge in [0.2, 0.25) is 5.91 Å². The lowest BCUT2D eigenvalue weighted by Crippen LogP contribution is -2.30. The highest BCUT2D eigenvalue weighted by atomic mass is 32.1. The van der Waals surface area contributed by atoms with Crippen molar-refractivity contribution in [2.24, 2.45) is 0 Å². The Morgan fingerprint density at radius 3 is 2.88 bits per heavy atom. The molecule has 0 bridgehead atoms. The number of amides is 1. The van der Waals surface area contributed by atoms with Gasteiger partial charge in [-0.1, -0.05) is 6.07 Å². The second-order valence-electron chi connectivity index (χ2n) is 6.62. The van der Waals surface area contributed by atoms with Gasteiger partial charge in [-0.05, 0) is 44.9 Å². The fourth-order valence-corrected chi connectivity index (χ4v) is 3.83. The summed E-state index contributed by atoms with van der Waals surface area (Å²) in [5, 5.41) is 7.48. The maximum absolute atomic E-state index is 12.3. The predicted molar refractivity (Wildman–Crippen MR) is 104 cm³/mol. The van der Waals surface area contributed by atoms with Crippen LogP contribution in [0.3, 0.4) is 0 Å². The van der Waals surface area contributed by atoms with Crippen LogP contribution in [-0.4, -0.2) is 30.0 Å². The molecule has 1 aromatic carbocycles. The Labute approximate surface area is 153 Å². The zero-order chi connectivity index (χ0) is 17.6. The molecule has 1 saturated heterocycles. The molecule has 0 aliphatic carbocycles. The summed E-state index contributed by atoms with van der Waals surface area (Å²) in [6, 6.07) is 8.26. The van der Waals surface area contributed by atoms with E-state index in [4.69, 9.17) is 0 Å². The first kappa shape index (κ1) is 17.9. The standard InChI is InChI=1S/C19H26N4OS/c1-14(20-12-18-13-21-15(2)25-18)10-19(24)22-16-6-5-7-17(11-16)23-8-3-4-9-23/h5-7,11,13-14,20H,3-4,8-10,12H2,1-2H3,(H,22,24). The number of hydrogen-bond donors (Lipinski definition) is 2. The SMILES string of the molecule is Cc1ncc(CNC(C)CC(=O)Nc2cccc(N3CCCC3)c2)s1. The van der Waals surface area contributed by atoms with Crippen molar-refractivity contribution in [2.75, 3.05) is 23.3 Å². The molecule has 134 valence electrons. The van der Waals surface area contributed by atoms with Crippen molar-refractivity contribution >= 4 is 28.6 Å². The number of anilines is 2. The topological polar surface area (TPSA) is 57.3 Å². The summed E-state index contributed by atoms with van der Waals surface area (Å²) in [5.41, 5.74) is 2.07. The summed E-state index contributed by atoms with van der Waals surface area (Å²) in [7, 11) is 0. The Morgan fingerprint density at radius 1 is 1.36 bits per heavy atom. The lowest BCUT2D eigenvalue weighted by molar-refractivity contribution is -0.116. The first-order chi connectivity index (χ1) is 12.1. The lowest BCUT2D eigenvalue weighted by atomic mass is 10.2. The van der Waals surface area contributed by atoms with Gasteiger partial charge < -0.3 is 15.5 Å². The molecule has 3 rings (SSSR count). The third-order valence-electron chi connectivity index (χ3n) is 4.39. The minimum Gasteiger partial charge on any atom is -0.371 e. The number of aryl methyl sites for hydroxylation is 1. The Bertz CT molecular complexity index is 709. The summed E-state index contributed by atoms with van der Waals surface area (Å²) in [4.78, 5) is 20.1. The van der Waals surface area contributed by atoms with Gasteiger partial charge in [0.1, 0.15) is 0 Å². The van der Waals surface area contributed by atoms with Crippen LogP contribution in [0.1, 0.15) is 36.1 Å². The monoisotopic (exact) mass is 358 g/mol. The van der Waals surface area contributed by atoms with Crippen LogP contribution >= 0.6 is 11.3 Å². The Morgan fingerprint density at radius 2 is 2.16 bits per heavy atom. The van der Waals surface area contributed by atoms with E-state index in [1.807, 2.05) is 32.2 Å². The van der Waals surface area contributed by atoms with Gasteiger partial charge in [0.25, 0.3) is 0 Å². The molecule has 1 amide bonds. The Balaban J connectivity index is 1.47. The van der Waals surface area contributed by atoms with Crippen LogP contribution in [0.2, 0.25) is 0 Å². The van der Waals surface area contributed by atoms with Crippen LogP contribution < -0.4 is 15.5 Å². The minimum absolute atomic E-state index is 0.0408. The number of thiazole rings is 1. The maximum atomic E-state index is 12.3. The second kappa shape index (κ2) is 8.45. The number of rotatable bonds is 7. The highest BCUT2D eigenvalue weighted by Gasteiger charge is 2.14. The van der Waals surface area contributed by atoms with Crippen LogP contribution in [-0.2, 0) is 11.3 Å². The molecule has 2 N–H and O–H groups in total. The molecular weight excluding hydrogens is 332 g/mol. The van der Waals surface area contributed by atoms with E-state index in [2.05, 4.69) is 32.7 Å². The molecule has 0 radical (unpaired) electrons. The van der Waals surface area contributed by atoms with Crippen molar-refractivity contribution < 1.29 is 4.79 Å². The quantitative estimate of drug-likeness (QED) is 0.795. The van der Waals surface area contributed by atoms with E-state index in [9.17, 15) is 4.79 Å². The highest BCUT2D eigenvalue weighted by Crippen LogP contribution is 2.23. The molecule has 25 heavy (non-hydrogen) atoms.